The molecule has 1 aliphatic rings. The molecule has 1 aromatic heterocycles. The summed E-state index contributed by atoms with van der Waals surface area (Å²) in [6.07, 6.45) is 6.55. The smallest absolute Gasteiger partial charge is 0.323 e. The number of nitrogens with one attached hydrogen (secondary N) is 3. The number of carbonyl (C=O) groups is 2. The topological polar surface area (TPSA) is 86.4 Å². The molecule has 3 N–H and O–H groups in total. The summed E-state index contributed by atoms with van der Waals surface area (Å²) in [6, 6.07) is 16.7. The molecule has 0 aliphatic carbocycles. The van der Waals surface area contributed by atoms with E-state index in [-0.39, 0.29) is 11.9 Å². The summed E-state index contributed by atoms with van der Waals surface area (Å²) < 4.78 is 0. The number of hydrogen-bond donors (Lipinski definition) is 3. The zero-order valence-corrected chi connectivity index (χ0v) is 18.8. The number of nitrogens with zero attached hydrogens (tertiary/aromatic N) is 2. The van der Waals surface area contributed by atoms with Gasteiger partial charge in [-0.1, -0.05) is 25.1 Å². The molecule has 0 atom stereocenters. The van der Waals surface area contributed by atoms with Gasteiger partial charge in [0.25, 0.3) is 5.91 Å². The molecule has 0 bridgehead atoms. The molecule has 3 aromatic rings. The lowest BCUT2D eigenvalue weighted by atomic mass is 10.1. The Bertz CT molecular complexity index is 1110. The fourth-order valence-corrected chi connectivity index (χ4v) is 3.97. The number of amides is 3. The molecule has 33 heavy (non-hydrogen) atoms. The lowest BCUT2D eigenvalue weighted by molar-refractivity contribution is 0.0951. The largest absolute Gasteiger partial charge is 0.371 e. The summed E-state index contributed by atoms with van der Waals surface area (Å²) in [7, 11) is 0. The summed E-state index contributed by atoms with van der Waals surface area (Å²) in [5, 5.41) is 8.70. The van der Waals surface area contributed by atoms with Crippen molar-refractivity contribution in [3.05, 3.63) is 83.7 Å². The maximum atomic E-state index is 13.1. The Morgan fingerprint density at radius 2 is 1.70 bits per heavy atom. The van der Waals surface area contributed by atoms with Crippen LogP contribution in [0.4, 0.5) is 21.9 Å². The van der Waals surface area contributed by atoms with E-state index in [2.05, 4.69) is 32.8 Å². The number of anilines is 3. The monoisotopic (exact) mass is 443 g/mol. The summed E-state index contributed by atoms with van der Waals surface area (Å²) in [5.41, 5.74) is 4.81. The van der Waals surface area contributed by atoms with Crippen LogP contribution in [-0.2, 0) is 13.0 Å². The van der Waals surface area contributed by atoms with Crippen LogP contribution in [0.1, 0.15) is 41.3 Å². The number of aryl methyl sites for hydroxylation is 1. The summed E-state index contributed by atoms with van der Waals surface area (Å²) in [4.78, 5) is 32.0. The highest BCUT2D eigenvalue weighted by molar-refractivity contribution is 6.04. The predicted octanol–water partition coefficient (Wildman–Crippen LogP) is 4.82. The molecule has 0 unspecified atom stereocenters. The van der Waals surface area contributed by atoms with Crippen molar-refractivity contribution in [3.63, 3.8) is 0 Å². The standard InChI is InChI=1S/C26H29N5O2/c1-2-19-7-5-9-21(15-19)29-26(33)30-22-10-11-24(31-13-3-4-14-31)23(16-22)25(32)28-18-20-8-6-12-27-17-20/h5-12,15-17H,2-4,13-14,18H2,1H3,(H,28,32)(H2,29,30,33). The molecule has 7 heteroatoms. The van der Waals surface area contributed by atoms with Gasteiger partial charge in [0.1, 0.15) is 0 Å². The number of benzene rings is 2. The van der Waals surface area contributed by atoms with E-state index in [1.165, 1.54) is 0 Å². The van der Waals surface area contributed by atoms with Crippen molar-refractivity contribution in [1.82, 2.24) is 10.3 Å². The van der Waals surface area contributed by atoms with Crippen LogP contribution >= 0.6 is 0 Å². The molecule has 3 amide bonds. The Morgan fingerprint density at radius 3 is 2.42 bits per heavy atom. The van der Waals surface area contributed by atoms with Gasteiger partial charge in [0.2, 0.25) is 0 Å². The third-order valence-corrected chi connectivity index (χ3v) is 5.71. The quantitative estimate of drug-likeness (QED) is 0.489. The molecular formula is C26H29N5O2. The van der Waals surface area contributed by atoms with E-state index < -0.39 is 0 Å². The lowest BCUT2D eigenvalue weighted by Crippen LogP contribution is -2.27. The van der Waals surface area contributed by atoms with Crippen LogP contribution in [0.25, 0.3) is 0 Å². The van der Waals surface area contributed by atoms with E-state index in [9.17, 15) is 9.59 Å². The molecule has 0 spiro atoms. The molecular weight excluding hydrogens is 414 g/mol. The first-order valence-electron chi connectivity index (χ1n) is 11.4. The van der Waals surface area contributed by atoms with Gasteiger partial charge in [-0.15, -0.1) is 0 Å². The van der Waals surface area contributed by atoms with E-state index in [0.717, 1.165) is 54.9 Å². The first-order valence-corrected chi connectivity index (χ1v) is 11.4. The minimum absolute atomic E-state index is 0.180. The van der Waals surface area contributed by atoms with Crippen LogP contribution in [-0.4, -0.2) is 30.0 Å². The molecule has 2 aromatic carbocycles. The predicted molar refractivity (Wildman–Crippen MR) is 132 cm³/mol. The molecule has 1 saturated heterocycles. The van der Waals surface area contributed by atoms with Crippen LogP contribution in [0.15, 0.2) is 67.0 Å². The van der Waals surface area contributed by atoms with Gasteiger partial charge >= 0.3 is 6.03 Å². The number of urea groups is 1. The Labute approximate surface area is 194 Å². The first-order chi connectivity index (χ1) is 16.1. The second-order valence-electron chi connectivity index (χ2n) is 8.10. The van der Waals surface area contributed by atoms with Crippen molar-refractivity contribution >= 4 is 29.0 Å². The van der Waals surface area contributed by atoms with Gasteiger partial charge in [-0.2, -0.15) is 0 Å². The van der Waals surface area contributed by atoms with E-state index in [1.54, 1.807) is 18.5 Å². The number of carbonyl (C=O) groups excluding carboxylic acids is 2. The summed E-state index contributed by atoms with van der Waals surface area (Å²) in [6.45, 7) is 4.30. The molecule has 0 saturated carbocycles. The summed E-state index contributed by atoms with van der Waals surface area (Å²) >= 11 is 0. The fourth-order valence-electron chi connectivity index (χ4n) is 3.97. The molecule has 7 nitrogen and oxygen atoms in total. The number of aromatic nitrogens is 1. The van der Waals surface area contributed by atoms with Gasteiger partial charge in [0, 0.05) is 49.1 Å². The van der Waals surface area contributed by atoms with Crippen molar-refractivity contribution in [2.45, 2.75) is 32.7 Å². The van der Waals surface area contributed by atoms with E-state index >= 15 is 0 Å². The Hall–Kier alpha value is -3.87. The Morgan fingerprint density at radius 1 is 0.939 bits per heavy atom. The molecule has 170 valence electrons. The van der Waals surface area contributed by atoms with Gasteiger partial charge in [0.15, 0.2) is 0 Å². The second-order valence-corrected chi connectivity index (χ2v) is 8.10. The van der Waals surface area contributed by atoms with Gasteiger partial charge < -0.3 is 20.9 Å². The van der Waals surface area contributed by atoms with Gasteiger partial charge in [0.05, 0.1) is 5.56 Å². The zero-order chi connectivity index (χ0) is 23.0. The normalized spacial score (nSPS) is 12.9. The van der Waals surface area contributed by atoms with Crippen LogP contribution < -0.4 is 20.9 Å². The van der Waals surface area contributed by atoms with E-state index in [1.807, 2.05) is 48.5 Å². The van der Waals surface area contributed by atoms with Crippen LogP contribution in [0.5, 0.6) is 0 Å². The second kappa shape index (κ2) is 10.6. The average molecular weight is 444 g/mol. The molecule has 4 rings (SSSR count). The molecule has 1 aliphatic heterocycles. The third-order valence-electron chi connectivity index (χ3n) is 5.71. The Kier molecular flexibility index (Phi) is 7.19. The highest BCUT2D eigenvalue weighted by Crippen LogP contribution is 2.28. The molecule has 0 radical (unpaired) electrons. The van der Waals surface area contributed by atoms with E-state index in [0.29, 0.717) is 17.8 Å². The van der Waals surface area contributed by atoms with E-state index in [4.69, 9.17) is 0 Å². The highest BCUT2D eigenvalue weighted by atomic mass is 16.2. The minimum atomic E-state index is -0.348. The fraction of sp³-hybridized carbons (Fsp3) is 0.269. The number of rotatable bonds is 7. The van der Waals surface area contributed by atoms with Crippen LogP contribution in [0.3, 0.4) is 0 Å². The molecule has 2 heterocycles. The van der Waals surface area contributed by atoms with Gasteiger partial charge in [-0.25, -0.2) is 4.79 Å². The molecule has 1 fully saturated rings. The van der Waals surface area contributed by atoms with Gasteiger partial charge in [-0.3, -0.25) is 9.78 Å². The SMILES string of the molecule is CCc1cccc(NC(=O)Nc2ccc(N3CCCC3)c(C(=O)NCc3cccnc3)c2)c1. The maximum Gasteiger partial charge on any atom is 0.323 e. The van der Waals surface area contributed by atoms with Crippen molar-refractivity contribution in [2.75, 3.05) is 28.6 Å². The lowest BCUT2D eigenvalue weighted by Gasteiger charge is -2.22. The van der Waals surface area contributed by atoms with Crippen LogP contribution in [0.2, 0.25) is 0 Å². The van der Waals surface area contributed by atoms with Crippen molar-refractivity contribution in [2.24, 2.45) is 0 Å². The number of hydrogen-bond acceptors (Lipinski definition) is 4. The maximum absolute atomic E-state index is 13.1. The number of pyridine rings is 1. The first kappa shape index (κ1) is 22.3. The summed E-state index contributed by atoms with van der Waals surface area (Å²) in [5.74, 6) is -0.180. The third kappa shape index (κ3) is 5.88. The van der Waals surface area contributed by atoms with Crippen molar-refractivity contribution in [3.8, 4) is 0 Å². The van der Waals surface area contributed by atoms with Gasteiger partial charge in [-0.05, 0) is 66.8 Å². The van der Waals surface area contributed by atoms with Crippen LogP contribution in [0, 0.1) is 0 Å². The Balaban J connectivity index is 1.50. The van der Waals surface area contributed by atoms with Crippen molar-refractivity contribution < 1.29 is 9.59 Å². The zero-order valence-electron chi connectivity index (χ0n) is 18.8. The average Bonchev–Trinajstić information content (AvgIpc) is 3.38. The highest BCUT2D eigenvalue weighted by Gasteiger charge is 2.20. The van der Waals surface area contributed by atoms with Crippen molar-refractivity contribution in [1.29, 1.82) is 0 Å². The minimum Gasteiger partial charge on any atom is -0.371 e.